The van der Waals surface area contributed by atoms with Gasteiger partial charge in [-0.25, -0.2) is 0 Å². The summed E-state index contributed by atoms with van der Waals surface area (Å²) in [6, 6.07) is 10.8. The Morgan fingerprint density at radius 1 is 1.14 bits per heavy atom. The Hall–Kier alpha value is -2.43. The third-order valence-corrected chi connectivity index (χ3v) is 3.85. The van der Waals surface area contributed by atoms with Crippen LogP contribution in [0.25, 0.3) is 10.9 Å². The first-order valence-corrected chi connectivity index (χ1v) is 7.02. The third-order valence-electron chi connectivity index (χ3n) is 3.85. The first-order valence-electron chi connectivity index (χ1n) is 7.02. The van der Waals surface area contributed by atoms with Gasteiger partial charge < -0.3 is 10.2 Å². The summed E-state index contributed by atoms with van der Waals surface area (Å²) in [5.74, 6) is -0.194. The summed E-state index contributed by atoms with van der Waals surface area (Å²) >= 11 is 0. The van der Waals surface area contributed by atoms with Crippen molar-refractivity contribution in [1.29, 1.82) is 0 Å². The molecule has 1 saturated heterocycles. The van der Waals surface area contributed by atoms with Gasteiger partial charge in [0.1, 0.15) is 12.1 Å². The van der Waals surface area contributed by atoms with Crippen LogP contribution in [0.15, 0.2) is 36.4 Å². The highest BCUT2D eigenvalue weighted by atomic mass is 16.2. The van der Waals surface area contributed by atoms with Gasteiger partial charge in [-0.05, 0) is 26.0 Å². The van der Waals surface area contributed by atoms with E-state index in [0.29, 0.717) is 6.54 Å². The molecule has 1 fully saturated rings. The van der Waals surface area contributed by atoms with Gasteiger partial charge in [0.2, 0.25) is 11.8 Å². The first kappa shape index (κ1) is 13.5. The summed E-state index contributed by atoms with van der Waals surface area (Å²) in [6.07, 6.45) is 0. The van der Waals surface area contributed by atoms with E-state index in [1.807, 2.05) is 36.4 Å². The fourth-order valence-corrected chi connectivity index (χ4v) is 2.56. The molecule has 5 heteroatoms. The van der Waals surface area contributed by atoms with Gasteiger partial charge in [-0.3, -0.25) is 14.6 Å². The summed E-state index contributed by atoms with van der Waals surface area (Å²) in [6.45, 7) is 3.79. The van der Waals surface area contributed by atoms with Crippen LogP contribution in [-0.2, 0) is 16.1 Å². The Balaban J connectivity index is 1.89. The number of benzene rings is 1. The Bertz CT molecular complexity index is 713. The molecule has 2 amide bonds. The predicted molar refractivity (Wildman–Crippen MR) is 79.4 cm³/mol. The highest BCUT2D eigenvalue weighted by Gasteiger charge is 2.35. The highest BCUT2D eigenvalue weighted by Crippen LogP contribution is 2.16. The maximum atomic E-state index is 12.2. The van der Waals surface area contributed by atoms with Crippen molar-refractivity contribution in [1.82, 2.24) is 15.2 Å². The fourth-order valence-electron chi connectivity index (χ4n) is 2.56. The molecule has 108 valence electrons. The second-order valence-electron chi connectivity index (χ2n) is 5.37. The van der Waals surface area contributed by atoms with Crippen molar-refractivity contribution in [3.8, 4) is 0 Å². The maximum absolute atomic E-state index is 12.2. The van der Waals surface area contributed by atoms with Gasteiger partial charge >= 0.3 is 0 Å². The largest absolute Gasteiger partial charge is 0.343 e. The van der Waals surface area contributed by atoms with Gasteiger partial charge in [0.25, 0.3) is 0 Å². The Labute approximate surface area is 123 Å². The second-order valence-corrected chi connectivity index (χ2v) is 5.37. The standard InChI is InChI=1S/C16H17N3O2/c1-10-16(21)19(11(2)15(20)17-10)9-13-8-7-12-5-3-4-6-14(12)18-13/h3-8,10-11H,9H2,1-2H3,(H,17,20). The average Bonchev–Trinajstić information content (AvgIpc) is 2.49. The van der Waals surface area contributed by atoms with E-state index in [1.165, 1.54) is 0 Å². The molecule has 5 nitrogen and oxygen atoms in total. The highest BCUT2D eigenvalue weighted by molar-refractivity contribution is 5.96. The molecule has 0 spiro atoms. The minimum atomic E-state index is -0.478. The molecule has 1 aromatic heterocycles. The second kappa shape index (κ2) is 5.16. The third kappa shape index (κ3) is 2.46. The van der Waals surface area contributed by atoms with E-state index in [1.54, 1.807) is 18.7 Å². The van der Waals surface area contributed by atoms with Crippen LogP contribution in [-0.4, -0.2) is 33.8 Å². The number of hydrogen-bond acceptors (Lipinski definition) is 3. The molecule has 0 radical (unpaired) electrons. The smallest absolute Gasteiger partial charge is 0.245 e. The summed E-state index contributed by atoms with van der Waals surface area (Å²) < 4.78 is 0. The van der Waals surface area contributed by atoms with E-state index >= 15 is 0 Å². The zero-order valence-electron chi connectivity index (χ0n) is 12.0. The molecule has 3 rings (SSSR count). The number of carbonyl (C=O) groups excluding carboxylic acids is 2. The number of nitrogens with one attached hydrogen (secondary N) is 1. The number of aromatic nitrogens is 1. The van der Waals surface area contributed by atoms with E-state index < -0.39 is 12.1 Å². The van der Waals surface area contributed by atoms with E-state index in [-0.39, 0.29) is 11.8 Å². The number of amides is 2. The van der Waals surface area contributed by atoms with E-state index in [4.69, 9.17) is 0 Å². The summed E-state index contributed by atoms with van der Waals surface area (Å²) in [5.41, 5.74) is 1.68. The molecule has 1 aliphatic heterocycles. The van der Waals surface area contributed by atoms with Crippen molar-refractivity contribution in [2.24, 2.45) is 0 Å². The molecule has 1 N–H and O–H groups in total. The van der Waals surface area contributed by atoms with Crippen molar-refractivity contribution in [3.63, 3.8) is 0 Å². The van der Waals surface area contributed by atoms with Crippen molar-refractivity contribution < 1.29 is 9.59 Å². The summed E-state index contributed by atoms with van der Waals surface area (Å²) in [5, 5.41) is 3.73. The number of fused-ring (bicyclic) bond motifs is 1. The number of rotatable bonds is 2. The minimum Gasteiger partial charge on any atom is -0.343 e. The fraction of sp³-hybridized carbons (Fsp3) is 0.312. The van der Waals surface area contributed by atoms with Gasteiger partial charge in [-0.15, -0.1) is 0 Å². The Kier molecular flexibility index (Phi) is 3.33. The van der Waals surface area contributed by atoms with Crippen molar-refractivity contribution in [2.75, 3.05) is 0 Å². The molecule has 0 bridgehead atoms. The lowest BCUT2D eigenvalue weighted by Crippen LogP contribution is -2.61. The molecular formula is C16H17N3O2. The number of carbonyl (C=O) groups is 2. The molecule has 2 aromatic rings. The van der Waals surface area contributed by atoms with Crippen LogP contribution in [0.1, 0.15) is 19.5 Å². The molecule has 2 heterocycles. The number of pyridine rings is 1. The monoisotopic (exact) mass is 283 g/mol. The molecule has 0 aliphatic carbocycles. The summed E-state index contributed by atoms with van der Waals surface area (Å²) in [7, 11) is 0. The van der Waals surface area contributed by atoms with Crippen LogP contribution in [0, 0.1) is 0 Å². The van der Waals surface area contributed by atoms with Crippen molar-refractivity contribution in [3.05, 3.63) is 42.1 Å². The van der Waals surface area contributed by atoms with Crippen molar-refractivity contribution in [2.45, 2.75) is 32.5 Å². The molecule has 0 saturated carbocycles. The van der Waals surface area contributed by atoms with E-state index in [0.717, 1.165) is 16.6 Å². The molecule has 1 aliphatic rings. The summed E-state index contributed by atoms with van der Waals surface area (Å²) in [4.78, 5) is 30.2. The predicted octanol–water partition coefficient (Wildman–Crippen LogP) is 1.47. The number of para-hydroxylation sites is 1. The minimum absolute atomic E-state index is 0.0722. The van der Waals surface area contributed by atoms with Crippen LogP contribution < -0.4 is 5.32 Å². The number of hydrogen-bond donors (Lipinski definition) is 1. The average molecular weight is 283 g/mol. The molecule has 2 unspecified atom stereocenters. The lowest BCUT2D eigenvalue weighted by molar-refractivity contribution is -0.148. The van der Waals surface area contributed by atoms with Crippen LogP contribution in [0.3, 0.4) is 0 Å². The van der Waals surface area contributed by atoms with Crippen LogP contribution in [0.5, 0.6) is 0 Å². The van der Waals surface area contributed by atoms with Gasteiger partial charge in [-0.1, -0.05) is 24.3 Å². The topological polar surface area (TPSA) is 62.3 Å². The molecule has 21 heavy (non-hydrogen) atoms. The SMILES string of the molecule is CC1NC(=O)C(C)N(Cc2ccc3ccccc3n2)C1=O. The quantitative estimate of drug-likeness (QED) is 0.908. The zero-order chi connectivity index (χ0) is 15.0. The Morgan fingerprint density at radius 2 is 1.90 bits per heavy atom. The van der Waals surface area contributed by atoms with E-state index in [9.17, 15) is 9.59 Å². The zero-order valence-corrected chi connectivity index (χ0v) is 12.0. The first-order chi connectivity index (χ1) is 10.1. The van der Waals surface area contributed by atoms with Gasteiger partial charge in [0.05, 0.1) is 17.8 Å². The van der Waals surface area contributed by atoms with Gasteiger partial charge in [0.15, 0.2) is 0 Å². The van der Waals surface area contributed by atoms with E-state index in [2.05, 4.69) is 10.3 Å². The van der Waals surface area contributed by atoms with Crippen molar-refractivity contribution >= 4 is 22.7 Å². The van der Waals surface area contributed by atoms with Gasteiger partial charge in [-0.2, -0.15) is 0 Å². The molecule has 1 aromatic carbocycles. The van der Waals surface area contributed by atoms with Crippen LogP contribution >= 0.6 is 0 Å². The maximum Gasteiger partial charge on any atom is 0.245 e. The molecular weight excluding hydrogens is 266 g/mol. The lowest BCUT2D eigenvalue weighted by atomic mass is 10.1. The normalized spacial score (nSPS) is 22.5. The number of piperazine rings is 1. The number of nitrogens with zero attached hydrogens (tertiary/aromatic N) is 2. The molecule has 2 atom stereocenters. The van der Waals surface area contributed by atoms with Gasteiger partial charge in [0, 0.05) is 5.39 Å². The lowest BCUT2D eigenvalue weighted by Gasteiger charge is -2.35. The van der Waals surface area contributed by atoms with Crippen LogP contribution in [0.2, 0.25) is 0 Å². The Morgan fingerprint density at radius 3 is 2.71 bits per heavy atom. The van der Waals surface area contributed by atoms with Crippen LogP contribution in [0.4, 0.5) is 0 Å².